The lowest BCUT2D eigenvalue weighted by Gasteiger charge is -2.15. The Morgan fingerprint density at radius 1 is 1.22 bits per heavy atom. The highest BCUT2D eigenvalue weighted by atomic mass is 32.2. The Bertz CT molecular complexity index is 609. The Balaban J connectivity index is 2.10. The van der Waals surface area contributed by atoms with Gasteiger partial charge in [-0.05, 0) is 44.4 Å². The molecule has 0 unspecified atom stereocenters. The molecule has 0 radical (unpaired) electrons. The van der Waals surface area contributed by atoms with E-state index in [0.29, 0.717) is 19.8 Å². The maximum atomic E-state index is 5.81. The van der Waals surface area contributed by atoms with E-state index in [9.17, 15) is 0 Å². The molecule has 1 aliphatic heterocycles. The molecule has 4 nitrogen and oxygen atoms in total. The monoisotopic (exact) mass is 332 g/mol. The Morgan fingerprint density at radius 3 is 2.83 bits per heavy atom. The molecule has 1 aromatic rings. The van der Waals surface area contributed by atoms with E-state index in [-0.39, 0.29) is 0 Å². The van der Waals surface area contributed by atoms with E-state index in [2.05, 4.69) is 28.7 Å². The van der Waals surface area contributed by atoms with E-state index in [1.807, 2.05) is 38.1 Å². The number of nitrogens with zero attached hydrogens (tertiary/aromatic N) is 1. The van der Waals surface area contributed by atoms with Crippen molar-refractivity contribution in [1.82, 2.24) is 0 Å². The molecule has 1 heterocycles. The van der Waals surface area contributed by atoms with E-state index in [1.54, 1.807) is 11.8 Å². The second-order valence-electron chi connectivity index (χ2n) is 4.91. The number of benzene rings is 1. The first-order valence-corrected chi connectivity index (χ1v) is 8.79. The smallest absolute Gasteiger partial charge is 0.142 e. The van der Waals surface area contributed by atoms with Crippen LogP contribution in [0.1, 0.15) is 20.8 Å². The molecule has 0 saturated carbocycles. The molecule has 1 N–H and O–H groups in total. The number of allylic oxidation sites excluding steroid dienone is 2. The van der Waals surface area contributed by atoms with E-state index in [4.69, 9.17) is 9.47 Å². The summed E-state index contributed by atoms with van der Waals surface area (Å²) in [4.78, 5) is 4.53. The Morgan fingerprint density at radius 2 is 2.04 bits per heavy atom. The molecule has 0 aliphatic carbocycles. The molecule has 0 amide bonds. The lowest BCUT2D eigenvalue weighted by atomic mass is 10.2. The highest BCUT2D eigenvalue weighted by Crippen LogP contribution is 2.30. The topological polar surface area (TPSA) is 42.9 Å². The molecule has 23 heavy (non-hydrogen) atoms. The summed E-state index contributed by atoms with van der Waals surface area (Å²) < 4.78 is 11.1. The van der Waals surface area contributed by atoms with Crippen molar-refractivity contribution in [2.75, 3.05) is 31.7 Å². The number of hydrogen-bond donors (Lipinski definition) is 1. The summed E-state index contributed by atoms with van der Waals surface area (Å²) in [6.45, 7) is 8.73. The molecule has 2 rings (SSSR count). The van der Waals surface area contributed by atoms with Gasteiger partial charge in [0.15, 0.2) is 0 Å². The van der Waals surface area contributed by atoms with Crippen molar-refractivity contribution < 1.29 is 9.47 Å². The normalized spacial score (nSPS) is 17.6. The fourth-order valence-corrected chi connectivity index (χ4v) is 3.06. The van der Waals surface area contributed by atoms with Gasteiger partial charge in [-0.3, -0.25) is 4.99 Å². The van der Waals surface area contributed by atoms with Gasteiger partial charge >= 0.3 is 0 Å². The molecule has 5 heteroatoms. The minimum absolute atomic E-state index is 0.542. The van der Waals surface area contributed by atoms with E-state index >= 15 is 0 Å². The Labute approximate surface area is 142 Å². The van der Waals surface area contributed by atoms with E-state index in [0.717, 1.165) is 34.3 Å². The zero-order valence-corrected chi connectivity index (χ0v) is 14.8. The van der Waals surface area contributed by atoms with Crippen LogP contribution in [-0.4, -0.2) is 31.4 Å². The predicted molar refractivity (Wildman–Crippen MR) is 99.5 cm³/mol. The van der Waals surface area contributed by atoms with Gasteiger partial charge in [-0.15, -0.1) is 0 Å². The molecule has 0 atom stereocenters. The molecule has 0 saturated heterocycles. The first-order valence-electron chi connectivity index (χ1n) is 7.91. The Hall–Kier alpha value is -1.72. The minimum Gasteiger partial charge on any atom is -0.489 e. The third-order valence-electron chi connectivity index (χ3n) is 3.25. The van der Waals surface area contributed by atoms with Gasteiger partial charge in [0.1, 0.15) is 17.4 Å². The van der Waals surface area contributed by atoms with Gasteiger partial charge in [0.2, 0.25) is 0 Å². The van der Waals surface area contributed by atoms with Crippen molar-refractivity contribution in [1.29, 1.82) is 0 Å². The van der Waals surface area contributed by atoms with E-state index in [1.165, 1.54) is 0 Å². The summed E-state index contributed by atoms with van der Waals surface area (Å²) >= 11 is 1.66. The largest absolute Gasteiger partial charge is 0.489 e. The fourth-order valence-electron chi connectivity index (χ4n) is 2.17. The number of ether oxygens (including phenoxy) is 2. The number of para-hydroxylation sites is 2. The van der Waals surface area contributed by atoms with Gasteiger partial charge in [-0.25, -0.2) is 0 Å². The van der Waals surface area contributed by atoms with Crippen LogP contribution < -0.4 is 10.1 Å². The van der Waals surface area contributed by atoms with Crippen LogP contribution in [0.25, 0.3) is 0 Å². The van der Waals surface area contributed by atoms with Crippen molar-refractivity contribution in [2.45, 2.75) is 20.8 Å². The number of aliphatic imine (C=N–C) groups is 1. The number of hydrogen-bond acceptors (Lipinski definition) is 5. The van der Waals surface area contributed by atoms with Gasteiger partial charge in [-0.1, -0.05) is 23.9 Å². The lowest BCUT2D eigenvalue weighted by molar-refractivity contribution is 0.110. The number of nitrogens with one attached hydrogen (secondary N) is 1. The maximum Gasteiger partial charge on any atom is 0.142 e. The third kappa shape index (κ3) is 5.15. The van der Waals surface area contributed by atoms with Gasteiger partial charge in [0, 0.05) is 24.4 Å². The lowest BCUT2D eigenvalue weighted by Crippen LogP contribution is -2.09. The molecule has 0 spiro atoms. The summed E-state index contributed by atoms with van der Waals surface area (Å²) in [5.41, 5.74) is 3.16. The molecule has 0 aromatic heterocycles. The highest BCUT2D eigenvalue weighted by Gasteiger charge is 2.14. The molecular weight excluding hydrogens is 308 g/mol. The van der Waals surface area contributed by atoms with Crippen molar-refractivity contribution in [3.05, 3.63) is 47.0 Å². The predicted octanol–water partition coefficient (Wildman–Crippen LogP) is 4.47. The van der Waals surface area contributed by atoms with Crippen LogP contribution in [0, 0.1) is 0 Å². The number of thioether (sulfide) groups is 1. The van der Waals surface area contributed by atoms with Gasteiger partial charge in [0.05, 0.1) is 12.3 Å². The maximum absolute atomic E-state index is 5.81. The minimum atomic E-state index is 0.542. The average Bonchev–Trinajstić information content (AvgIpc) is 3.02. The Kier molecular flexibility index (Phi) is 7.23. The number of anilines is 1. The second kappa shape index (κ2) is 9.43. The van der Waals surface area contributed by atoms with Gasteiger partial charge in [-0.2, -0.15) is 0 Å². The highest BCUT2D eigenvalue weighted by molar-refractivity contribution is 8.17. The molecule has 0 bridgehead atoms. The molecule has 1 aliphatic rings. The summed E-state index contributed by atoms with van der Waals surface area (Å²) in [7, 11) is 0. The fraction of sp³-hybridized carbons (Fsp3) is 0.389. The first-order chi connectivity index (χ1) is 11.3. The third-order valence-corrected chi connectivity index (χ3v) is 4.09. The van der Waals surface area contributed by atoms with Crippen molar-refractivity contribution in [3.8, 4) is 5.75 Å². The van der Waals surface area contributed by atoms with Crippen molar-refractivity contribution in [2.24, 2.45) is 4.99 Å². The number of rotatable bonds is 8. The van der Waals surface area contributed by atoms with E-state index < -0.39 is 0 Å². The van der Waals surface area contributed by atoms with Crippen LogP contribution in [0.2, 0.25) is 0 Å². The first kappa shape index (κ1) is 17.6. The quantitative estimate of drug-likeness (QED) is 0.713. The summed E-state index contributed by atoms with van der Waals surface area (Å²) in [6, 6.07) is 7.95. The zero-order chi connectivity index (χ0) is 16.5. The van der Waals surface area contributed by atoms with Crippen LogP contribution in [0.15, 0.2) is 52.0 Å². The molecule has 1 aromatic carbocycles. The van der Waals surface area contributed by atoms with Gasteiger partial charge < -0.3 is 14.8 Å². The SMILES string of the molecule is CC/N=C1/SC=C/C1=C(/C)Nc1ccccc1OCCOCC. The molecule has 124 valence electrons. The summed E-state index contributed by atoms with van der Waals surface area (Å²) in [5, 5.41) is 6.58. The second-order valence-corrected chi connectivity index (χ2v) is 5.80. The zero-order valence-electron chi connectivity index (χ0n) is 14.0. The summed E-state index contributed by atoms with van der Waals surface area (Å²) in [5.74, 6) is 0.829. The summed E-state index contributed by atoms with van der Waals surface area (Å²) in [6.07, 6.45) is 2.10. The van der Waals surface area contributed by atoms with Crippen LogP contribution in [-0.2, 0) is 4.74 Å². The van der Waals surface area contributed by atoms with Gasteiger partial charge in [0.25, 0.3) is 0 Å². The van der Waals surface area contributed by atoms with Crippen LogP contribution in [0.3, 0.4) is 0 Å². The van der Waals surface area contributed by atoms with Crippen LogP contribution in [0.5, 0.6) is 5.75 Å². The molecule has 0 fully saturated rings. The average molecular weight is 332 g/mol. The van der Waals surface area contributed by atoms with Crippen molar-refractivity contribution >= 4 is 22.5 Å². The van der Waals surface area contributed by atoms with Crippen molar-refractivity contribution in [3.63, 3.8) is 0 Å². The van der Waals surface area contributed by atoms with Crippen LogP contribution >= 0.6 is 11.8 Å². The standard InChI is InChI=1S/C18H24N2O2S/c1-4-19-18-15(10-13-23-18)14(3)20-16-8-6-7-9-17(16)22-12-11-21-5-2/h6-10,13,20H,4-5,11-12H2,1-3H3/b15-14+,19-18+. The molecular formula is C18H24N2O2S. The van der Waals surface area contributed by atoms with Crippen LogP contribution in [0.4, 0.5) is 5.69 Å².